The fourth-order valence-electron chi connectivity index (χ4n) is 2.73. The molecule has 1 aromatic carbocycles. The van der Waals surface area contributed by atoms with E-state index in [0.29, 0.717) is 0 Å². The molecule has 3 aromatic rings. The lowest BCUT2D eigenvalue weighted by Crippen LogP contribution is -1.91. The van der Waals surface area contributed by atoms with Gasteiger partial charge in [-0.3, -0.25) is 4.40 Å². The number of allylic oxidation sites excluding steroid dienone is 2. The van der Waals surface area contributed by atoms with Crippen LogP contribution in [-0.4, -0.2) is 14.6 Å². The Balaban J connectivity index is 0.000000194. The van der Waals surface area contributed by atoms with Gasteiger partial charge in [-0.1, -0.05) is 19.1 Å². The third-order valence-corrected chi connectivity index (χ3v) is 4.08. The summed E-state index contributed by atoms with van der Waals surface area (Å²) >= 11 is 0. The molecular weight excluding hydrogens is 308 g/mol. The van der Waals surface area contributed by atoms with E-state index in [-0.39, 0.29) is 0 Å². The summed E-state index contributed by atoms with van der Waals surface area (Å²) < 4.78 is 1.88. The maximum absolute atomic E-state index is 8.98. The van der Waals surface area contributed by atoms with Gasteiger partial charge in [-0.25, -0.2) is 0 Å². The highest BCUT2D eigenvalue weighted by molar-refractivity contribution is 5.68. The molecule has 0 bridgehead atoms. The van der Waals surface area contributed by atoms with Gasteiger partial charge in [0.25, 0.3) is 0 Å². The normalized spacial score (nSPS) is 11.0. The van der Waals surface area contributed by atoms with Crippen molar-refractivity contribution in [2.24, 2.45) is 0 Å². The predicted octanol–water partition coefficient (Wildman–Crippen LogP) is 5.03. The van der Waals surface area contributed by atoms with Crippen molar-refractivity contribution in [1.29, 1.82) is 5.26 Å². The van der Waals surface area contributed by atoms with Crippen molar-refractivity contribution in [2.45, 2.75) is 41.0 Å². The molecule has 3 rings (SSSR count). The number of hydrogen-bond donors (Lipinski definition) is 0. The van der Waals surface area contributed by atoms with Gasteiger partial charge in [0.15, 0.2) is 5.65 Å². The smallest absolute Gasteiger partial charge is 0.160 e. The minimum Gasteiger partial charge on any atom is -0.289 e. The summed E-state index contributed by atoms with van der Waals surface area (Å²) in [6.07, 6.45) is 6.86. The quantitative estimate of drug-likeness (QED) is 0.661. The molecule has 0 unspecified atom stereocenters. The first-order valence-corrected chi connectivity index (χ1v) is 8.40. The average molecular weight is 332 g/mol. The van der Waals surface area contributed by atoms with Gasteiger partial charge in [0.1, 0.15) is 6.33 Å². The number of rotatable bonds is 2. The molecule has 25 heavy (non-hydrogen) atoms. The van der Waals surface area contributed by atoms with Crippen molar-refractivity contribution >= 4 is 11.2 Å². The first kappa shape index (κ1) is 18.4. The van der Waals surface area contributed by atoms with Gasteiger partial charge in [-0.05, 0) is 80.1 Å². The highest BCUT2D eigenvalue weighted by Crippen LogP contribution is 2.22. The molecule has 4 heteroatoms. The van der Waals surface area contributed by atoms with Crippen LogP contribution in [0, 0.1) is 32.1 Å². The average Bonchev–Trinajstić information content (AvgIpc) is 3.03. The minimum atomic E-state index is 0.777. The third-order valence-electron chi connectivity index (χ3n) is 4.08. The molecule has 0 aliphatic carbocycles. The number of pyridine rings is 1. The Morgan fingerprint density at radius 1 is 1.20 bits per heavy atom. The fourth-order valence-corrected chi connectivity index (χ4v) is 2.73. The number of hydrogen-bond acceptors (Lipinski definition) is 3. The molecule has 0 saturated carbocycles. The summed E-state index contributed by atoms with van der Waals surface area (Å²) in [7, 11) is 0. The van der Waals surface area contributed by atoms with E-state index in [2.05, 4.69) is 49.2 Å². The van der Waals surface area contributed by atoms with Gasteiger partial charge in [0.05, 0.1) is 11.6 Å². The zero-order valence-corrected chi connectivity index (χ0v) is 15.5. The van der Waals surface area contributed by atoms with E-state index >= 15 is 0 Å². The third kappa shape index (κ3) is 4.54. The molecule has 0 aliphatic rings. The Labute approximate surface area is 149 Å². The Kier molecular flexibility index (Phi) is 6.08. The van der Waals surface area contributed by atoms with Gasteiger partial charge in [-0.15, -0.1) is 10.2 Å². The zero-order chi connectivity index (χ0) is 18.4. The van der Waals surface area contributed by atoms with Gasteiger partial charge in [0, 0.05) is 6.20 Å². The Hall–Kier alpha value is -2.93. The fraction of sp³-hybridized carbons (Fsp3) is 0.286. The summed E-state index contributed by atoms with van der Waals surface area (Å²) in [4.78, 5) is 0. The van der Waals surface area contributed by atoms with Gasteiger partial charge >= 0.3 is 0 Å². The van der Waals surface area contributed by atoms with Crippen LogP contribution >= 0.6 is 0 Å². The van der Waals surface area contributed by atoms with Crippen molar-refractivity contribution in [2.75, 3.05) is 0 Å². The Bertz CT molecular complexity index is 942. The molecule has 0 amide bonds. The lowest BCUT2D eigenvalue weighted by Gasteiger charge is -2.08. The number of nitriles is 1. The van der Waals surface area contributed by atoms with Crippen LogP contribution in [0.3, 0.4) is 0 Å². The van der Waals surface area contributed by atoms with Crippen LogP contribution in [0.4, 0.5) is 0 Å². The molecule has 0 radical (unpaired) electrons. The number of aromatic nitrogens is 3. The molecular formula is C21H24N4. The summed E-state index contributed by atoms with van der Waals surface area (Å²) in [5.41, 5.74) is 7.64. The van der Waals surface area contributed by atoms with Crippen LogP contribution in [0.2, 0.25) is 0 Å². The minimum absolute atomic E-state index is 0.777. The molecule has 2 heterocycles. The molecule has 0 saturated heterocycles. The van der Waals surface area contributed by atoms with Crippen molar-refractivity contribution in [3.05, 3.63) is 70.7 Å². The maximum Gasteiger partial charge on any atom is 0.160 e. The second kappa shape index (κ2) is 8.25. The first-order valence-electron chi connectivity index (χ1n) is 8.40. The second-order valence-corrected chi connectivity index (χ2v) is 6.19. The standard InChI is InChI=1S/C14H17N.C7H7N3/c1-5-6-10(2)14-8-13(9-15)11(3)7-12(14)4;1-6-2-3-10-5-8-9-7(10)4-6/h6-8H,5H2,1-4H3;2-5H,1H3/b10-6-;. The predicted molar refractivity (Wildman–Crippen MR) is 102 cm³/mol. The van der Waals surface area contributed by atoms with Crippen LogP contribution in [0.5, 0.6) is 0 Å². The lowest BCUT2D eigenvalue weighted by molar-refractivity contribution is 1.10. The number of nitrogens with zero attached hydrogens (tertiary/aromatic N) is 4. The van der Waals surface area contributed by atoms with Crippen LogP contribution in [0.15, 0.2) is 42.9 Å². The highest BCUT2D eigenvalue weighted by Gasteiger charge is 2.05. The monoisotopic (exact) mass is 332 g/mol. The van der Waals surface area contributed by atoms with Crippen molar-refractivity contribution in [3.8, 4) is 6.07 Å². The van der Waals surface area contributed by atoms with Crippen LogP contribution in [0.25, 0.3) is 11.2 Å². The summed E-state index contributed by atoms with van der Waals surface area (Å²) in [6.45, 7) is 10.3. The molecule has 0 fully saturated rings. The van der Waals surface area contributed by atoms with Crippen LogP contribution < -0.4 is 0 Å². The number of fused-ring (bicyclic) bond motifs is 1. The van der Waals surface area contributed by atoms with Gasteiger partial charge < -0.3 is 0 Å². The summed E-state index contributed by atoms with van der Waals surface area (Å²) in [5, 5.41) is 16.6. The van der Waals surface area contributed by atoms with Gasteiger partial charge in [0.2, 0.25) is 0 Å². The molecule has 4 nitrogen and oxygen atoms in total. The topological polar surface area (TPSA) is 54.0 Å². The van der Waals surface area contributed by atoms with Crippen molar-refractivity contribution in [1.82, 2.24) is 14.6 Å². The molecule has 0 atom stereocenters. The largest absolute Gasteiger partial charge is 0.289 e. The van der Waals surface area contributed by atoms with Crippen molar-refractivity contribution < 1.29 is 0 Å². The number of benzene rings is 1. The van der Waals surface area contributed by atoms with E-state index in [1.54, 1.807) is 6.33 Å². The molecule has 0 spiro atoms. The first-order chi connectivity index (χ1) is 12.0. The molecule has 0 N–H and O–H groups in total. The van der Waals surface area contributed by atoms with Crippen LogP contribution in [0.1, 0.15) is 48.1 Å². The van der Waals surface area contributed by atoms with Crippen LogP contribution in [-0.2, 0) is 0 Å². The SMILES string of the molecule is CC/C=C(/C)c1cc(C#N)c(C)cc1C.Cc1ccn2cnnc2c1. The van der Waals surface area contributed by atoms with Gasteiger partial charge in [-0.2, -0.15) is 5.26 Å². The maximum atomic E-state index is 8.98. The van der Waals surface area contributed by atoms with E-state index in [1.165, 1.54) is 22.3 Å². The number of aryl methyl sites for hydroxylation is 3. The second-order valence-electron chi connectivity index (χ2n) is 6.19. The molecule has 0 aliphatic heterocycles. The molecule has 2 aromatic heterocycles. The summed E-state index contributed by atoms with van der Waals surface area (Å²) in [6, 6.07) is 10.3. The van der Waals surface area contributed by atoms with E-state index in [0.717, 1.165) is 23.2 Å². The Morgan fingerprint density at radius 3 is 2.64 bits per heavy atom. The highest BCUT2D eigenvalue weighted by atomic mass is 15.2. The Morgan fingerprint density at radius 2 is 1.96 bits per heavy atom. The van der Waals surface area contributed by atoms with E-state index in [4.69, 9.17) is 5.26 Å². The molecule has 128 valence electrons. The van der Waals surface area contributed by atoms with E-state index < -0.39 is 0 Å². The zero-order valence-electron chi connectivity index (χ0n) is 15.5. The van der Waals surface area contributed by atoms with Crippen molar-refractivity contribution in [3.63, 3.8) is 0 Å². The van der Waals surface area contributed by atoms with E-state index in [9.17, 15) is 0 Å². The lowest BCUT2D eigenvalue weighted by atomic mass is 9.95. The van der Waals surface area contributed by atoms with E-state index in [1.807, 2.05) is 42.6 Å². The summed E-state index contributed by atoms with van der Waals surface area (Å²) in [5.74, 6) is 0.